The van der Waals surface area contributed by atoms with Gasteiger partial charge in [0.15, 0.2) is 0 Å². The molecule has 22 heavy (non-hydrogen) atoms. The molecule has 0 aliphatic carbocycles. The maximum Gasteiger partial charge on any atom is 0.0541 e. The quantitative estimate of drug-likeness (QED) is 0.697. The van der Waals surface area contributed by atoms with Gasteiger partial charge in [-0.1, -0.05) is 37.3 Å². The fraction of sp³-hybridized carbons (Fsp3) is 0.389. The van der Waals surface area contributed by atoms with Crippen LogP contribution in [0, 0.1) is 0 Å². The first-order valence-corrected chi connectivity index (χ1v) is 7.92. The van der Waals surface area contributed by atoms with E-state index in [9.17, 15) is 0 Å². The summed E-state index contributed by atoms with van der Waals surface area (Å²) in [6.45, 7) is 7.65. The van der Waals surface area contributed by atoms with Gasteiger partial charge in [0.2, 0.25) is 0 Å². The van der Waals surface area contributed by atoms with Crippen molar-refractivity contribution in [3.63, 3.8) is 0 Å². The van der Waals surface area contributed by atoms with Crippen molar-refractivity contribution in [1.29, 1.82) is 0 Å². The van der Waals surface area contributed by atoms with Crippen molar-refractivity contribution in [3.8, 4) is 0 Å². The molecule has 2 rings (SSSR count). The van der Waals surface area contributed by atoms with Crippen LogP contribution in [-0.2, 0) is 19.6 Å². The molecule has 3 N–H and O–H groups in total. The summed E-state index contributed by atoms with van der Waals surface area (Å²) in [7, 11) is 0. The highest BCUT2D eigenvalue weighted by atomic mass is 15.1. The van der Waals surface area contributed by atoms with Crippen molar-refractivity contribution in [1.82, 2.24) is 15.2 Å². The molecule has 2 aromatic rings. The van der Waals surface area contributed by atoms with Crippen molar-refractivity contribution < 1.29 is 0 Å². The van der Waals surface area contributed by atoms with Gasteiger partial charge in [0, 0.05) is 38.9 Å². The van der Waals surface area contributed by atoms with Crippen molar-refractivity contribution in [2.75, 3.05) is 19.6 Å². The molecular weight excluding hydrogens is 272 g/mol. The second kappa shape index (κ2) is 9.30. The van der Waals surface area contributed by atoms with Gasteiger partial charge in [-0.3, -0.25) is 9.88 Å². The second-order valence-electron chi connectivity index (χ2n) is 5.39. The van der Waals surface area contributed by atoms with E-state index in [0.717, 1.165) is 38.4 Å². The third-order valence-corrected chi connectivity index (χ3v) is 3.75. The average Bonchev–Trinajstić information content (AvgIpc) is 2.59. The van der Waals surface area contributed by atoms with E-state index in [0.29, 0.717) is 6.54 Å². The summed E-state index contributed by atoms with van der Waals surface area (Å²) >= 11 is 0. The van der Waals surface area contributed by atoms with Gasteiger partial charge in [0.1, 0.15) is 0 Å². The highest BCUT2D eigenvalue weighted by Gasteiger charge is 2.03. The Hall–Kier alpha value is -1.75. The number of rotatable bonds is 9. The predicted octanol–water partition coefficient (Wildman–Crippen LogP) is 2.15. The Bertz CT molecular complexity index is 525. The van der Waals surface area contributed by atoms with E-state index in [1.165, 1.54) is 11.1 Å². The number of hydrogen-bond acceptors (Lipinski definition) is 4. The Morgan fingerprint density at radius 3 is 2.50 bits per heavy atom. The standard InChI is InChI=1S/C18H26N4/c1-2-22(15-17-8-6-16(13-19)7-9-17)12-11-20-14-18-5-3-4-10-21-18/h3-10,20H,2,11-15,19H2,1H3. The number of benzene rings is 1. The molecule has 1 heterocycles. The Morgan fingerprint density at radius 1 is 1.09 bits per heavy atom. The first kappa shape index (κ1) is 16.6. The molecule has 1 aromatic carbocycles. The fourth-order valence-corrected chi connectivity index (χ4v) is 2.34. The number of nitrogens with zero attached hydrogens (tertiary/aromatic N) is 2. The van der Waals surface area contributed by atoms with Gasteiger partial charge in [-0.25, -0.2) is 0 Å². The highest BCUT2D eigenvalue weighted by molar-refractivity contribution is 5.22. The van der Waals surface area contributed by atoms with Crippen LogP contribution < -0.4 is 11.1 Å². The van der Waals surface area contributed by atoms with Crippen molar-refractivity contribution in [2.24, 2.45) is 5.73 Å². The number of likely N-dealkylation sites (N-methyl/N-ethyl adjacent to an activating group) is 1. The zero-order chi connectivity index (χ0) is 15.6. The monoisotopic (exact) mass is 298 g/mol. The Kier molecular flexibility index (Phi) is 7.03. The van der Waals surface area contributed by atoms with Crippen molar-refractivity contribution in [3.05, 3.63) is 65.5 Å². The van der Waals surface area contributed by atoms with Gasteiger partial charge in [-0.05, 0) is 29.8 Å². The zero-order valence-corrected chi connectivity index (χ0v) is 13.3. The van der Waals surface area contributed by atoms with E-state index in [2.05, 4.69) is 46.4 Å². The average molecular weight is 298 g/mol. The number of nitrogens with one attached hydrogen (secondary N) is 1. The Morgan fingerprint density at radius 2 is 1.86 bits per heavy atom. The van der Waals surface area contributed by atoms with E-state index in [1.54, 1.807) is 0 Å². The summed E-state index contributed by atoms with van der Waals surface area (Å²) in [5, 5.41) is 3.45. The van der Waals surface area contributed by atoms with E-state index in [1.807, 2.05) is 24.4 Å². The van der Waals surface area contributed by atoms with Gasteiger partial charge >= 0.3 is 0 Å². The lowest BCUT2D eigenvalue weighted by Crippen LogP contribution is -2.31. The molecule has 0 spiro atoms. The molecule has 4 heteroatoms. The van der Waals surface area contributed by atoms with E-state index < -0.39 is 0 Å². The molecule has 0 amide bonds. The Labute approximate surface area is 133 Å². The Balaban J connectivity index is 1.72. The van der Waals surface area contributed by atoms with Crippen LogP contribution in [0.25, 0.3) is 0 Å². The molecule has 0 radical (unpaired) electrons. The van der Waals surface area contributed by atoms with Crippen LogP contribution in [0.5, 0.6) is 0 Å². The maximum atomic E-state index is 5.63. The van der Waals surface area contributed by atoms with Gasteiger partial charge in [0.25, 0.3) is 0 Å². The van der Waals surface area contributed by atoms with Crippen LogP contribution in [0.4, 0.5) is 0 Å². The minimum Gasteiger partial charge on any atom is -0.326 e. The zero-order valence-electron chi connectivity index (χ0n) is 13.3. The number of aromatic nitrogens is 1. The summed E-state index contributed by atoms with van der Waals surface area (Å²) in [5.74, 6) is 0. The molecule has 0 aliphatic heterocycles. The van der Waals surface area contributed by atoms with E-state index in [-0.39, 0.29) is 0 Å². The van der Waals surface area contributed by atoms with Crippen LogP contribution >= 0.6 is 0 Å². The van der Waals surface area contributed by atoms with Gasteiger partial charge in [-0.15, -0.1) is 0 Å². The maximum absolute atomic E-state index is 5.63. The van der Waals surface area contributed by atoms with Gasteiger partial charge in [-0.2, -0.15) is 0 Å². The number of pyridine rings is 1. The van der Waals surface area contributed by atoms with Crippen LogP contribution in [0.3, 0.4) is 0 Å². The normalized spacial score (nSPS) is 11.0. The lowest BCUT2D eigenvalue weighted by atomic mass is 10.1. The molecule has 1 aromatic heterocycles. The third-order valence-electron chi connectivity index (χ3n) is 3.75. The summed E-state index contributed by atoms with van der Waals surface area (Å²) in [4.78, 5) is 6.75. The second-order valence-corrected chi connectivity index (χ2v) is 5.39. The molecular formula is C18H26N4. The molecule has 118 valence electrons. The smallest absolute Gasteiger partial charge is 0.0541 e. The lowest BCUT2D eigenvalue weighted by Gasteiger charge is -2.20. The summed E-state index contributed by atoms with van der Waals surface area (Å²) < 4.78 is 0. The molecule has 0 saturated heterocycles. The summed E-state index contributed by atoms with van der Waals surface area (Å²) in [5.41, 5.74) is 9.24. The molecule has 0 bridgehead atoms. The van der Waals surface area contributed by atoms with E-state index >= 15 is 0 Å². The summed E-state index contributed by atoms with van der Waals surface area (Å²) in [6.07, 6.45) is 1.83. The SMILES string of the molecule is CCN(CCNCc1ccccn1)Cc1ccc(CN)cc1. The molecule has 0 fully saturated rings. The van der Waals surface area contributed by atoms with Crippen LogP contribution in [0.2, 0.25) is 0 Å². The molecule has 0 saturated carbocycles. The molecule has 4 nitrogen and oxygen atoms in total. The third kappa shape index (κ3) is 5.56. The minimum atomic E-state index is 0.606. The molecule has 0 atom stereocenters. The van der Waals surface area contributed by atoms with Crippen molar-refractivity contribution in [2.45, 2.75) is 26.6 Å². The first-order valence-electron chi connectivity index (χ1n) is 7.92. The van der Waals surface area contributed by atoms with Crippen LogP contribution in [0.1, 0.15) is 23.7 Å². The van der Waals surface area contributed by atoms with Gasteiger partial charge < -0.3 is 11.1 Å². The number of hydrogen-bond donors (Lipinski definition) is 2. The topological polar surface area (TPSA) is 54.2 Å². The largest absolute Gasteiger partial charge is 0.326 e. The summed E-state index contributed by atoms with van der Waals surface area (Å²) in [6, 6.07) is 14.6. The van der Waals surface area contributed by atoms with Crippen LogP contribution in [-0.4, -0.2) is 29.5 Å². The molecule has 0 aliphatic rings. The lowest BCUT2D eigenvalue weighted by molar-refractivity contribution is 0.279. The molecule has 0 unspecified atom stereocenters. The van der Waals surface area contributed by atoms with E-state index in [4.69, 9.17) is 5.73 Å². The predicted molar refractivity (Wildman–Crippen MR) is 91.2 cm³/mol. The number of nitrogens with two attached hydrogens (primary N) is 1. The van der Waals surface area contributed by atoms with Crippen LogP contribution in [0.15, 0.2) is 48.7 Å². The highest BCUT2D eigenvalue weighted by Crippen LogP contribution is 2.07. The first-order chi connectivity index (χ1) is 10.8. The fourth-order valence-electron chi connectivity index (χ4n) is 2.34. The van der Waals surface area contributed by atoms with Crippen molar-refractivity contribution >= 4 is 0 Å². The minimum absolute atomic E-state index is 0.606. The van der Waals surface area contributed by atoms with Gasteiger partial charge in [0.05, 0.1) is 5.69 Å².